The molecule has 0 aliphatic carbocycles. The largest absolute Gasteiger partial charge is 0.459 e. The topological polar surface area (TPSA) is 52.6 Å². The Kier molecular flexibility index (Phi) is 3.77. The van der Waals surface area contributed by atoms with E-state index in [1.165, 1.54) is 6.08 Å². The number of ether oxygens (including phenoxy) is 2. The van der Waals surface area contributed by atoms with E-state index in [1.54, 1.807) is 6.08 Å². The zero-order valence-electron chi connectivity index (χ0n) is 10.1. The zero-order valence-corrected chi connectivity index (χ0v) is 10.1. The Bertz CT molecular complexity index is 482. The molecular formula is C14H14O4. The molecule has 1 aliphatic heterocycles. The monoisotopic (exact) mass is 246 g/mol. The van der Waals surface area contributed by atoms with Crippen molar-refractivity contribution in [3.05, 3.63) is 41.5 Å². The van der Waals surface area contributed by atoms with Crippen LogP contribution in [0.15, 0.2) is 30.3 Å². The molecule has 2 rings (SSSR count). The summed E-state index contributed by atoms with van der Waals surface area (Å²) in [6, 6.07) is 7.79. The minimum Gasteiger partial charge on any atom is -0.459 e. The number of carbonyl (C=O) groups is 2. The fourth-order valence-corrected chi connectivity index (χ4v) is 1.62. The van der Waals surface area contributed by atoms with Gasteiger partial charge in [0.2, 0.25) is 0 Å². The summed E-state index contributed by atoms with van der Waals surface area (Å²) < 4.78 is 9.67. The summed E-state index contributed by atoms with van der Waals surface area (Å²) in [7, 11) is 0. The lowest BCUT2D eigenvalue weighted by molar-refractivity contribution is -0.177. The van der Waals surface area contributed by atoms with Gasteiger partial charge in [0.25, 0.3) is 0 Å². The minimum atomic E-state index is -0.431. The number of esters is 2. The maximum Gasteiger partial charge on any atom is 0.330 e. The Labute approximate surface area is 105 Å². The molecule has 94 valence electrons. The van der Waals surface area contributed by atoms with Gasteiger partial charge < -0.3 is 9.47 Å². The molecule has 0 N–H and O–H groups in total. The molecule has 4 heteroatoms. The van der Waals surface area contributed by atoms with Crippen LogP contribution in [-0.2, 0) is 19.1 Å². The Morgan fingerprint density at radius 2 is 2.33 bits per heavy atom. The van der Waals surface area contributed by atoms with Gasteiger partial charge in [0.1, 0.15) is 12.7 Å². The first-order chi connectivity index (χ1) is 8.63. The Morgan fingerprint density at radius 1 is 1.56 bits per heavy atom. The molecule has 4 nitrogen and oxygen atoms in total. The third-order valence-electron chi connectivity index (χ3n) is 2.56. The lowest BCUT2D eigenvalue weighted by atomic mass is 10.1. The van der Waals surface area contributed by atoms with Crippen molar-refractivity contribution in [2.45, 2.75) is 19.4 Å². The van der Waals surface area contributed by atoms with Gasteiger partial charge in [0, 0.05) is 6.08 Å². The highest BCUT2D eigenvalue weighted by Gasteiger charge is 2.29. The molecule has 1 aromatic carbocycles. The van der Waals surface area contributed by atoms with E-state index >= 15 is 0 Å². The molecule has 1 aromatic rings. The summed E-state index contributed by atoms with van der Waals surface area (Å²) in [5, 5.41) is 0. The molecule has 0 radical (unpaired) electrons. The average Bonchev–Trinajstić information content (AvgIpc) is 2.31. The predicted molar refractivity (Wildman–Crippen MR) is 65.7 cm³/mol. The fourth-order valence-electron chi connectivity index (χ4n) is 1.62. The lowest BCUT2D eigenvalue weighted by Gasteiger charge is -2.24. The molecule has 1 heterocycles. The second-order valence-corrected chi connectivity index (χ2v) is 4.19. The Balaban J connectivity index is 1.78. The summed E-state index contributed by atoms with van der Waals surface area (Å²) in [6.45, 7) is 2.11. The minimum absolute atomic E-state index is 0.128. The standard InChI is InChI=1S/C14H14O4/c1-10-3-2-4-11(7-10)5-6-13(15)17-9-12-8-14(16)18-12/h2-7,12H,8-9H2,1H3/b6-5+. The summed E-state index contributed by atoms with van der Waals surface area (Å²) >= 11 is 0. The van der Waals surface area contributed by atoms with Crippen LogP contribution in [0.1, 0.15) is 17.5 Å². The maximum absolute atomic E-state index is 11.4. The number of aryl methyl sites for hydroxylation is 1. The summed E-state index contributed by atoms with van der Waals surface area (Å²) in [5.41, 5.74) is 2.08. The van der Waals surface area contributed by atoms with Crippen molar-refractivity contribution in [1.82, 2.24) is 0 Å². The van der Waals surface area contributed by atoms with Gasteiger partial charge in [-0.1, -0.05) is 29.8 Å². The second-order valence-electron chi connectivity index (χ2n) is 4.19. The van der Waals surface area contributed by atoms with Crippen molar-refractivity contribution in [2.75, 3.05) is 6.61 Å². The smallest absolute Gasteiger partial charge is 0.330 e. The molecule has 1 fully saturated rings. The number of hydrogen-bond acceptors (Lipinski definition) is 4. The average molecular weight is 246 g/mol. The molecule has 0 spiro atoms. The summed E-state index contributed by atoms with van der Waals surface area (Å²) in [4.78, 5) is 21.9. The molecule has 0 amide bonds. The van der Waals surface area contributed by atoms with E-state index in [9.17, 15) is 9.59 Å². The maximum atomic E-state index is 11.4. The first-order valence-electron chi connectivity index (χ1n) is 5.74. The molecule has 1 saturated heterocycles. The van der Waals surface area contributed by atoms with E-state index in [2.05, 4.69) is 0 Å². The first kappa shape index (κ1) is 12.4. The zero-order chi connectivity index (χ0) is 13.0. The van der Waals surface area contributed by atoms with Crippen LogP contribution in [0.2, 0.25) is 0 Å². The number of cyclic esters (lactones) is 1. The Hall–Kier alpha value is -2.10. The molecule has 1 aliphatic rings. The van der Waals surface area contributed by atoms with Crippen molar-refractivity contribution in [3.8, 4) is 0 Å². The van der Waals surface area contributed by atoms with Gasteiger partial charge in [-0.15, -0.1) is 0 Å². The van der Waals surface area contributed by atoms with Crippen LogP contribution in [0, 0.1) is 6.92 Å². The second kappa shape index (κ2) is 5.49. The van der Waals surface area contributed by atoms with Crippen molar-refractivity contribution >= 4 is 18.0 Å². The Morgan fingerprint density at radius 3 is 3.00 bits per heavy atom. The summed E-state index contributed by atoms with van der Waals surface area (Å²) in [5.74, 6) is -0.675. The summed E-state index contributed by atoms with van der Waals surface area (Å²) in [6.07, 6.45) is 3.13. The van der Waals surface area contributed by atoms with E-state index < -0.39 is 5.97 Å². The van der Waals surface area contributed by atoms with Crippen LogP contribution >= 0.6 is 0 Å². The van der Waals surface area contributed by atoms with E-state index in [4.69, 9.17) is 9.47 Å². The predicted octanol–water partition coefficient (Wildman–Crippen LogP) is 1.87. The normalized spacial score (nSPS) is 18.3. The van der Waals surface area contributed by atoms with Gasteiger partial charge >= 0.3 is 11.9 Å². The first-order valence-corrected chi connectivity index (χ1v) is 5.74. The van der Waals surface area contributed by atoms with Crippen LogP contribution in [0.4, 0.5) is 0 Å². The number of rotatable bonds is 4. The third-order valence-corrected chi connectivity index (χ3v) is 2.56. The molecule has 18 heavy (non-hydrogen) atoms. The van der Waals surface area contributed by atoms with E-state index in [-0.39, 0.29) is 18.7 Å². The van der Waals surface area contributed by atoms with Gasteiger partial charge in [-0.3, -0.25) is 4.79 Å². The number of hydrogen-bond donors (Lipinski definition) is 0. The molecule has 1 atom stereocenters. The van der Waals surface area contributed by atoms with Crippen molar-refractivity contribution in [3.63, 3.8) is 0 Å². The third kappa shape index (κ3) is 3.45. The quantitative estimate of drug-likeness (QED) is 0.601. The van der Waals surface area contributed by atoms with Crippen LogP contribution in [0.25, 0.3) is 6.08 Å². The van der Waals surface area contributed by atoms with Crippen LogP contribution in [-0.4, -0.2) is 24.6 Å². The van der Waals surface area contributed by atoms with Gasteiger partial charge in [-0.05, 0) is 18.6 Å². The van der Waals surface area contributed by atoms with Gasteiger partial charge in [0.05, 0.1) is 6.42 Å². The highest BCUT2D eigenvalue weighted by Crippen LogP contribution is 2.13. The van der Waals surface area contributed by atoms with Gasteiger partial charge in [-0.2, -0.15) is 0 Å². The molecule has 0 aromatic heterocycles. The highest BCUT2D eigenvalue weighted by atomic mass is 16.6. The highest BCUT2D eigenvalue weighted by molar-refractivity contribution is 5.87. The van der Waals surface area contributed by atoms with Crippen molar-refractivity contribution in [1.29, 1.82) is 0 Å². The molecule has 1 unspecified atom stereocenters. The molecule has 0 saturated carbocycles. The SMILES string of the molecule is Cc1cccc(/C=C/C(=O)OCC2CC(=O)O2)c1. The number of benzene rings is 1. The van der Waals surface area contributed by atoms with Crippen molar-refractivity contribution in [2.24, 2.45) is 0 Å². The van der Waals surface area contributed by atoms with Gasteiger partial charge in [0.15, 0.2) is 0 Å². The molecule has 0 bridgehead atoms. The van der Waals surface area contributed by atoms with Crippen LogP contribution in [0.5, 0.6) is 0 Å². The van der Waals surface area contributed by atoms with Gasteiger partial charge in [-0.25, -0.2) is 4.79 Å². The van der Waals surface area contributed by atoms with Crippen LogP contribution < -0.4 is 0 Å². The molecular weight excluding hydrogens is 232 g/mol. The van der Waals surface area contributed by atoms with E-state index in [1.807, 2.05) is 31.2 Å². The van der Waals surface area contributed by atoms with E-state index in [0.29, 0.717) is 6.42 Å². The van der Waals surface area contributed by atoms with Crippen molar-refractivity contribution < 1.29 is 19.1 Å². The number of carbonyl (C=O) groups excluding carboxylic acids is 2. The van der Waals surface area contributed by atoms with E-state index in [0.717, 1.165) is 11.1 Å². The fraction of sp³-hybridized carbons (Fsp3) is 0.286. The lowest BCUT2D eigenvalue weighted by Crippen LogP contribution is -2.36. The van der Waals surface area contributed by atoms with Crippen LogP contribution in [0.3, 0.4) is 0 Å².